The summed E-state index contributed by atoms with van der Waals surface area (Å²) in [5, 5.41) is 13.9. The van der Waals surface area contributed by atoms with Gasteiger partial charge in [-0.05, 0) is 30.5 Å². The summed E-state index contributed by atoms with van der Waals surface area (Å²) in [6.45, 7) is -0.343. The molecule has 4 N–H and O–H groups in total. The number of nitrogens with one attached hydrogen (secondary N) is 4. The number of benzene rings is 2. The Morgan fingerprint density at radius 1 is 1.29 bits per heavy atom. The first-order valence-corrected chi connectivity index (χ1v) is 13.6. The zero-order chi connectivity index (χ0) is 25.3. The quantitative estimate of drug-likeness (QED) is 0.322. The number of rotatable bonds is 9. The van der Waals surface area contributed by atoms with Crippen LogP contribution in [0.15, 0.2) is 30.3 Å². The van der Waals surface area contributed by atoms with Crippen molar-refractivity contribution in [3.8, 4) is 11.1 Å². The van der Waals surface area contributed by atoms with Crippen molar-refractivity contribution in [2.75, 3.05) is 25.2 Å². The lowest BCUT2D eigenvalue weighted by atomic mass is 10.0. The van der Waals surface area contributed by atoms with Crippen molar-refractivity contribution in [2.24, 2.45) is 0 Å². The second-order valence-electron chi connectivity index (χ2n) is 8.32. The van der Waals surface area contributed by atoms with Crippen molar-refractivity contribution in [3.63, 3.8) is 0 Å². The van der Waals surface area contributed by atoms with E-state index in [-0.39, 0.29) is 34.6 Å². The number of amides is 2. The van der Waals surface area contributed by atoms with E-state index in [1.165, 1.54) is 12.3 Å². The van der Waals surface area contributed by atoms with Gasteiger partial charge in [0, 0.05) is 48.4 Å². The van der Waals surface area contributed by atoms with E-state index in [0.717, 1.165) is 30.4 Å². The number of hydrogen-bond acceptors (Lipinski definition) is 8. The summed E-state index contributed by atoms with van der Waals surface area (Å²) in [4.78, 5) is 28.9. The van der Waals surface area contributed by atoms with Crippen LogP contribution in [0.1, 0.15) is 28.7 Å². The number of hydrogen-bond donors (Lipinski definition) is 4. The van der Waals surface area contributed by atoms with Gasteiger partial charge >= 0.3 is 0 Å². The molecule has 1 aliphatic rings. The molecule has 4 rings (SSSR count). The molecular formula is C23H24FN5O4S2. The van der Waals surface area contributed by atoms with Gasteiger partial charge in [0.05, 0.1) is 16.8 Å². The SMILES string of the molecule is CNc1cc(-c2cc3sc(C(C(=O)NCC(=O)NC4CC4)S(C)(=O)=O)nc3cc2F)ccc1C=N. The van der Waals surface area contributed by atoms with Crippen LogP contribution in [0.4, 0.5) is 10.1 Å². The first-order valence-electron chi connectivity index (χ1n) is 10.8. The largest absolute Gasteiger partial charge is 0.388 e. The minimum absolute atomic E-state index is 0.00535. The Morgan fingerprint density at radius 2 is 2.03 bits per heavy atom. The number of halogens is 1. The Kier molecular flexibility index (Phi) is 6.86. The summed E-state index contributed by atoms with van der Waals surface area (Å²) in [5.41, 5.74) is 2.36. The fraction of sp³-hybridized carbons (Fsp3) is 0.304. The Morgan fingerprint density at radius 3 is 2.66 bits per heavy atom. The van der Waals surface area contributed by atoms with Crippen LogP contribution < -0.4 is 16.0 Å². The number of anilines is 1. The van der Waals surface area contributed by atoms with Crippen molar-refractivity contribution in [1.29, 1.82) is 5.41 Å². The predicted octanol–water partition coefficient (Wildman–Crippen LogP) is 2.62. The van der Waals surface area contributed by atoms with Gasteiger partial charge in [-0.2, -0.15) is 0 Å². The third-order valence-corrected chi connectivity index (χ3v) is 8.07. The second kappa shape index (κ2) is 9.70. The highest BCUT2D eigenvalue weighted by molar-refractivity contribution is 7.91. The molecule has 2 aromatic carbocycles. The molecule has 35 heavy (non-hydrogen) atoms. The molecule has 1 saturated carbocycles. The summed E-state index contributed by atoms with van der Waals surface area (Å²) in [7, 11) is -2.23. The topological polar surface area (TPSA) is 141 Å². The number of thiazole rings is 1. The van der Waals surface area contributed by atoms with Crippen LogP contribution >= 0.6 is 11.3 Å². The smallest absolute Gasteiger partial charge is 0.245 e. The van der Waals surface area contributed by atoms with Crippen LogP contribution in [0.5, 0.6) is 0 Å². The van der Waals surface area contributed by atoms with E-state index in [1.54, 1.807) is 31.3 Å². The van der Waals surface area contributed by atoms with Crippen LogP contribution in [-0.4, -0.2) is 57.3 Å². The zero-order valence-electron chi connectivity index (χ0n) is 19.0. The molecule has 0 radical (unpaired) electrons. The van der Waals surface area contributed by atoms with Crippen molar-refractivity contribution in [3.05, 3.63) is 46.7 Å². The first kappa shape index (κ1) is 24.7. The monoisotopic (exact) mass is 517 g/mol. The Balaban J connectivity index is 1.65. The van der Waals surface area contributed by atoms with E-state index in [4.69, 9.17) is 5.41 Å². The summed E-state index contributed by atoms with van der Waals surface area (Å²) in [5.74, 6) is -1.81. The maximum absolute atomic E-state index is 15.0. The molecule has 0 saturated heterocycles. The molecule has 1 atom stereocenters. The third-order valence-electron chi connectivity index (χ3n) is 5.54. The van der Waals surface area contributed by atoms with E-state index in [1.807, 2.05) is 0 Å². The van der Waals surface area contributed by atoms with Crippen LogP contribution in [-0.2, 0) is 19.4 Å². The molecule has 2 amide bonds. The number of fused-ring (bicyclic) bond motifs is 1. The maximum atomic E-state index is 15.0. The van der Waals surface area contributed by atoms with Crippen LogP contribution in [0.25, 0.3) is 21.3 Å². The average molecular weight is 518 g/mol. The number of aromatic nitrogens is 1. The van der Waals surface area contributed by atoms with Crippen LogP contribution in [0, 0.1) is 11.2 Å². The third kappa shape index (κ3) is 5.49. The molecular weight excluding hydrogens is 493 g/mol. The molecule has 0 aliphatic heterocycles. The average Bonchev–Trinajstić information content (AvgIpc) is 3.53. The Bertz CT molecular complexity index is 1430. The van der Waals surface area contributed by atoms with Crippen LogP contribution in [0.3, 0.4) is 0 Å². The molecule has 0 spiro atoms. The maximum Gasteiger partial charge on any atom is 0.245 e. The molecule has 1 heterocycles. The van der Waals surface area contributed by atoms with Gasteiger partial charge in [-0.1, -0.05) is 12.1 Å². The minimum atomic E-state index is -3.93. The molecule has 1 unspecified atom stereocenters. The van der Waals surface area contributed by atoms with E-state index in [2.05, 4.69) is 20.9 Å². The molecule has 0 bridgehead atoms. The summed E-state index contributed by atoms with van der Waals surface area (Å²) in [6, 6.07) is 7.97. The summed E-state index contributed by atoms with van der Waals surface area (Å²) < 4.78 is 40.5. The predicted molar refractivity (Wildman–Crippen MR) is 134 cm³/mol. The molecule has 9 nitrogen and oxygen atoms in total. The highest BCUT2D eigenvalue weighted by Crippen LogP contribution is 2.36. The number of carbonyl (C=O) groups excluding carboxylic acids is 2. The minimum Gasteiger partial charge on any atom is -0.388 e. The lowest BCUT2D eigenvalue weighted by molar-refractivity contribution is -0.126. The zero-order valence-corrected chi connectivity index (χ0v) is 20.6. The van der Waals surface area contributed by atoms with Gasteiger partial charge in [-0.25, -0.2) is 17.8 Å². The summed E-state index contributed by atoms with van der Waals surface area (Å²) >= 11 is 0.981. The van der Waals surface area contributed by atoms with E-state index in [9.17, 15) is 18.0 Å². The van der Waals surface area contributed by atoms with Crippen LogP contribution in [0.2, 0.25) is 0 Å². The molecule has 1 aliphatic carbocycles. The van der Waals surface area contributed by atoms with Crippen molar-refractivity contribution < 1.29 is 22.4 Å². The fourth-order valence-electron chi connectivity index (χ4n) is 3.62. The number of nitrogens with zero attached hydrogens (tertiary/aromatic N) is 1. The van der Waals surface area contributed by atoms with E-state index >= 15 is 4.39 Å². The molecule has 1 fully saturated rings. The van der Waals surface area contributed by atoms with Gasteiger partial charge in [0.25, 0.3) is 0 Å². The van der Waals surface area contributed by atoms with Gasteiger partial charge in [0.2, 0.25) is 11.8 Å². The van der Waals surface area contributed by atoms with Crippen molar-refractivity contribution in [1.82, 2.24) is 15.6 Å². The van der Waals surface area contributed by atoms with E-state index < -0.39 is 26.8 Å². The lowest BCUT2D eigenvalue weighted by Crippen LogP contribution is -2.41. The second-order valence-corrected chi connectivity index (χ2v) is 11.5. The molecule has 3 aromatic rings. The normalized spacial score (nSPS) is 14.4. The highest BCUT2D eigenvalue weighted by Gasteiger charge is 2.34. The number of sulfone groups is 1. The standard InChI is InChI=1S/C23H24FN5O4S2/c1-26-17-7-12(3-4-13(17)10-25)15-8-19-18(9-16(15)24)29-23(34-19)21(35(2,32)33)22(31)27-11-20(30)28-14-5-6-14/h3-4,7-10,14,21,25-26H,5-6,11H2,1-2H3,(H,27,31)(H,28,30). The van der Waals surface area contributed by atoms with Gasteiger partial charge < -0.3 is 21.4 Å². The van der Waals surface area contributed by atoms with Crippen molar-refractivity contribution in [2.45, 2.75) is 24.1 Å². The Labute approximate surface area is 205 Å². The summed E-state index contributed by atoms with van der Waals surface area (Å²) in [6.07, 6.45) is 3.89. The van der Waals surface area contributed by atoms with E-state index in [0.29, 0.717) is 21.5 Å². The first-order chi connectivity index (χ1) is 16.6. The fourth-order valence-corrected chi connectivity index (χ4v) is 6.15. The van der Waals surface area contributed by atoms with Gasteiger partial charge in [0.1, 0.15) is 10.8 Å². The molecule has 12 heteroatoms. The highest BCUT2D eigenvalue weighted by atomic mass is 32.2. The van der Waals surface area contributed by atoms with Gasteiger partial charge in [-0.3, -0.25) is 9.59 Å². The molecule has 1 aromatic heterocycles. The van der Waals surface area contributed by atoms with Gasteiger partial charge in [-0.15, -0.1) is 11.3 Å². The number of carbonyl (C=O) groups is 2. The molecule has 184 valence electrons. The lowest BCUT2D eigenvalue weighted by Gasteiger charge is -2.12. The van der Waals surface area contributed by atoms with Gasteiger partial charge in [0.15, 0.2) is 15.1 Å². The van der Waals surface area contributed by atoms with Crippen molar-refractivity contribution >= 4 is 55.1 Å². The Hall–Kier alpha value is -3.38.